The van der Waals surface area contributed by atoms with Gasteiger partial charge in [0.15, 0.2) is 0 Å². The highest BCUT2D eigenvalue weighted by atomic mass is 16.9. The molecule has 0 aromatic heterocycles. The van der Waals surface area contributed by atoms with Crippen molar-refractivity contribution in [3.05, 3.63) is 0 Å². The molecule has 0 aromatic carbocycles. The first-order chi connectivity index (χ1) is 9.99. The molecule has 0 saturated carbocycles. The van der Waals surface area contributed by atoms with Crippen molar-refractivity contribution < 1.29 is 14.2 Å². The van der Waals surface area contributed by atoms with Crippen molar-refractivity contribution in [3.8, 4) is 0 Å². The van der Waals surface area contributed by atoms with Gasteiger partial charge in [0.05, 0.1) is 0 Å². The van der Waals surface area contributed by atoms with Crippen LogP contribution in [0.3, 0.4) is 0 Å². The summed E-state index contributed by atoms with van der Waals surface area (Å²) < 4.78 is 17.8. The van der Waals surface area contributed by atoms with Crippen LogP contribution in [0.4, 0.5) is 0 Å². The highest BCUT2D eigenvalue weighted by Crippen LogP contribution is 2.41. The van der Waals surface area contributed by atoms with E-state index in [0.717, 1.165) is 6.42 Å². The average Bonchev–Trinajstić information content (AvgIpc) is 2.43. The highest BCUT2D eigenvalue weighted by Gasteiger charge is 2.48. The maximum Gasteiger partial charge on any atom is 0.288 e. The normalized spacial score (nSPS) is 12.9. The van der Waals surface area contributed by atoms with E-state index >= 15 is 0 Å². The maximum atomic E-state index is 5.93. The van der Waals surface area contributed by atoms with Crippen molar-refractivity contribution in [2.24, 2.45) is 5.41 Å². The van der Waals surface area contributed by atoms with Crippen LogP contribution in [0, 0.1) is 5.41 Å². The van der Waals surface area contributed by atoms with Crippen LogP contribution in [0.2, 0.25) is 0 Å². The Labute approximate surface area is 132 Å². The van der Waals surface area contributed by atoms with E-state index in [1.165, 1.54) is 38.5 Å². The van der Waals surface area contributed by atoms with Crippen LogP contribution in [-0.4, -0.2) is 25.8 Å². The van der Waals surface area contributed by atoms with E-state index in [0.29, 0.717) is 19.8 Å². The SMILES string of the molecule is CCCCCCCCC(C)(C)C(OCC)(OCC)OCC. The van der Waals surface area contributed by atoms with Crippen LogP contribution in [0.25, 0.3) is 0 Å². The lowest BCUT2D eigenvalue weighted by Crippen LogP contribution is -2.52. The molecule has 0 fully saturated rings. The fraction of sp³-hybridized carbons (Fsp3) is 1.00. The third-order valence-electron chi connectivity index (χ3n) is 3.99. The van der Waals surface area contributed by atoms with Crippen LogP contribution in [0.5, 0.6) is 0 Å². The van der Waals surface area contributed by atoms with Crippen molar-refractivity contribution >= 4 is 0 Å². The van der Waals surface area contributed by atoms with Gasteiger partial charge in [0.1, 0.15) is 0 Å². The Morgan fingerprint density at radius 3 is 1.48 bits per heavy atom. The minimum absolute atomic E-state index is 0.153. The number of rotatable bonds is 14. The number of hydrogen-bond acceptors (Lipinski definition) is 3. The van der Waals surface area contributed by atoms with E-state index in [4.69, 9.17) is 14.2 Å². The first-order valence-electron chi connectivity index (χ1n) is 8.91. The Morgan fingerprint density at radius 1 is 0.619 bits per heavy atom. The largest absolute Gasteiger partial charge is 0.327 e. The van der Waals surface area contributed by atoms with Gasteiger partial charge in [-0.1, -0.05) is 59.3 Å². The van der Waals surface area contributed by atoms with Crippen molar-refractivity contribution in [2.75, 3.05) is 19.8 Å². The monoisotopic (exact) mass is 302 g/mol. The first-order valence-corrected chi connectivity index (χ1v) is 8.91. The molecular formula is C18H38O3. The van der Waals surface area contributed by atoms with Crippen molar-refractivity contribution in [3.63, 3.8) is 0 Å². The number of unbranched alkanes of at least 4 members (excludes halogenated alkanes) is 5. The van der Waals surface area contributed by atoms with Crippen LogP contribution in [0.15, 0.2) is 0 Å². The molecule has 0 radical (unpaired) electrons. The Morgan fingerprint density at radius 2 is 1.05 bits per heavy atom. The van der Waals surface area contributed by atoms with Gasteiger partial charge in [0.25, 0.3) is 5.97 Å². The maximum absolute atomic E-state index is 5.93. The fourth-order valence-corrected chi connectivity index (χ4v) is 2.78. The minimum atomic E-state index is -0.908. The number of ether oxygens (including phenoxy) is 3. The Hall–Kier alpha value is -0.120. The molecule has 3 nitrogen and oxygen atoms in total. The predicted octanol–water partition coefficient (Wildman–Crippen LogP) is 5.53. The second-order valence-corrected chi connectivity index (χ2v) is 6.26. The molecule has 0 N–H and O–H groups in total. The van der Waals surface area contributed by atoms with Gasteiger partial charge in [0.2, 0.25) is 0 Å². The number of hydrogen-bond donors (Lipinski definition) is 0. The molecule has 3 heteroatoms. The van der Waals surface area contributed by atoms with Crippen molar-refractivity contribution in [1.29, 1.82) is 0 Å². The van der Waals surface area contributed by atoms with E-state index in [2.05, 4.69) is 20.8 Å². The second kappa shape index (κ2) is 11.4. The predicted molar refractivity (Wildman–Crippen MR) is 89.4 cm³/mol. The molecule has 128 valence electrons. The van der Waals surface area contributed by atoms with Crippen molar-refractivity contribution in [2.45, 2.75) is 92.5 Å². The molecule has 0 rings (SSSR count). The van der Waals surface area contributed by atoms with Crippen LogP contribution in [0.1, 0.15) is 86.5 Å². The summed E-state index contributed by atoms with van der Waals surface area (Å²) in [5.74, 6) is -0.908. The molecule has 0 heterocycles. The lowest BCUT2D eigenvalue weighted by atomic mass is 9.83. The molecule has 0 saturated heterocycles. The van der Waals surface area contributed by atoms with Crippen LogP contribution < -0.4 is 0 Å². The van der Waals surface area contributed by atoms with Gasteiger partial charge < -0.3 is 14.2 Å². The van der Waals surface area contributed by atoms with E-state index in [-0.39, 0.29) is 5.41 Å². The summed E-state index contributed by atoms with van der Waals surface area (Å²) in [6.45, 7) is 14.4. The summed E-state index contributed by atoms with van der Waals surface area (Å²) in [5.41, 5.74) is -0.153. The third kappa shape index (κ3) is 7.12. The van der Waals surface area contributed by atoms with Gasteiger partial charge in [-0.15, -0.1) is 0 Å². The first kappa shape index (κ1) is 20.9. The van der Waals surface area contributed by atoms with Gasteiger partial charge in [-0.05, 0) is 27.2 Å². The second-order valence-electron chi connectivity index (χ2n) is 6.26. The zero-order valence-electron chi connectivity index (χ0n) is 15.3. The van der Waals surface area contributed by atoms with E-state index in [1.807, 2.05) is 20.8 Å². The third-order valence-corrected chi connectivity index (χ3v) is 3.99. The van der Waals surface area contributed by atoms with Gasteiger partial charge in [-0.25, -0.2) is 0 Å². The van der Waals surface area contributed by atoms with Crippen LogP contribution in [-0.2, 0) is 14.2 Å². The summed E-state index contributed by atoms with van der Waals surface area (Å²) in [6, 6.07) is 0. The molecular weight excluding hydrogens is 264 g/mol. The molecule has 0 unspecified atom stereocenters. The molecule has 0 aliphatic rings. The molecule has 0 atom stereocenters. The lowest BCUT2D eigenvalue weighted by molar-refractivity contribution is -0.423. The quantitative estimate of drug-likeness (QED) is 0.312. The molecule has 0 spiro atoms. The molecule has 0 aliphatic carbocycles. The highest BCUT2D eigenvalue weighted by molar-refractivity contribution is 4.81. The Bertz CT molecular complexity index is 222. The molecule has 0 amide bonds. The standard InChI is InChI=1S/C18H38O3/c1-7-11-12-13-14-15-16-17(5,6)18(19-8-2,20-9-3)21-10-4/h7-16H2,1-6H3. The zero-order chi connectivity index (χ0) is 16.2. The van der Waals surface area contributed by atoms with Gasteiger partial charge in [0, 0.05) is 25.2 Å². The summed E-state index contributed by atoms with van der Waals surface area (Å²) in [5, 5.41) is 0. The van der Waals surface area contributed by atoms with Gasteiger partial charge in [-0.3, -0.25) is 0 Å². The fourth-order valence-electron chi connectivity index (χ4n) is 2.78. The lowest BCUT2D eigenvalue weighted by Gasteiger charge is -2.44. The van der Waals surface area contributed by atoms with E-state index in [1.54, 1.807) is 0 Å². The molecule has 0 aliphatic heterocycles. The van der Waals surface area contributed by atoms with E-state index in [9.17, 15) is 0 Å². The molecule has 21 heavy (non-hydrogen) atoms. The Kier molecular flexibility index (Phi) is 11.4. The summed E-state index contributed by atoms with van der Waals surface area (Å²) in [7, 11) is 0. The smallest absolute Gasteiger partial charge is 0.288 e. The molecule has 0 aromatic rings. The summed E-state index contributed by atoms with van der Waals surface area (Å²) in [6.07, 6.45) is 8.87. The van der Waals surface area contributed by atoms with Crippen molar-refractivity contribution in [1.82, 2.24) is 0 Å². The topological polar surface area (TPSA) is 27.7 Å². The van der Waals surface area contributed by atoms with E-state index < -0.39 is 5.97 Å². The summed E-state index contributed by atoms with van der Waals surface area (Å²) >= 11 is 0. The minimum Gasteiger partial charge on any atom is -0.327 e. The molecule has 0 bridgehead atoms. The zero-order valence-corrected chi connectivity index (χ0v) is 15.3. The van der Waals surface area contributed by atoms with Gasteiger partial charge in [-0.2, -0.15) is 0 Å². The van der Waals surface area contributed by atoms with Gasteiger partial charge >= 0.3 is 0 Å². The Balaban J connectivity index is 4.53. The summed E-state index contributed by atoms with van der Waals surface area (Å²) in [4.78, 5) is 0. The average molecular weight is 302 g/mol. The van der Waals surface area contributed by atoms with Crippen LogP contribution >= 0.6 is 0 Å².